The number of pyridine rings is 1. The fraction of sp³-hybridized carbons (Fsp3) is 0.188. The molecule has 0 aliphatic rings. The number of carbonyl (C=O) groups is 1. The van der Waals surface area contributed by atoms with Crippen molar-refractivity contribution >= 4 is 11.6 Å². The smallest absolute Gasteiger partial charge is 0.270 e. The van der Waals surface area contributed by atoms with E-state index in [1.807, 2.05) is 18.2 Å². The first kappa shape index (κ1) is 15.1. The molecule has 9 heteroatoms. The zero-order chi connectivity index (χ0) is 17.4. The molecule has 0 aromatic carbocycles. The summed E-state index contributed by atoms with van der Waals surface area (Å²) < 4.78 is 11.9. The Morgan fingerprint density at radius 2 is 2.08 bits per heavy atom. The lowest BCUT2D eigenvalue weighted by atomic mass is 10.3. The summed E-state index contributed by atoms with van der Waals surface area (Å²) in [6.45, 7) is 3.66. The summed E-state index contributed by atoms with van der Waals surface area (Å²) in [7, 11) is 0. The molecule has 4 aromatic heterocycles. The van der Waals surface area contributed by atoms with Gasteiger partial charge in [-0.05, 0) is 26.0 Å². The number of imidazole rings is 1. The Kier molecular flexibility index (Phi) is 3.53. The van der Waals surface area contributed by atoms with Crippen molar-refractivity contribution in [2.45, 2.75) is 20.4 Å². The van der Waals surface area contributed by atoms with E-state index >= 15 is 0 Å². The van der Waals surface area contributed by atoms with E-state index in [1.54, 1.807) is 30.5 Å². The molecule has 0 atom stereocenters. The van der Waals surface area contributed by atoms with Gasteiger partial charge in [0.2, 0.25) is 11.7 Å². The number of nitrogens with one attached hydrogen (secondary N) is 1. The van der Waals surface area contributed by atoms with Crippen LogP contribution >= 0.6 is 0 Å². The Morgan fingerprint density at radius 1 is 1.20 bits per heavy atom. The second-order valence-corrected chi connectivity index (χ2v) is 5.49. The van der Waals surface area contributed by atoms with Crippen molar-refractivity contribution in [2.75, 3.05) is 0 Å². The Hall–Kier alpha value is -3.49. The fourth-order valence-corrected chi connectivity index (χ4v) is 2.53. The minimum Gasteiger partial charge on any atom is -0.361 e. The average Bonchev–Trinajstić information content (AvgIpc) is 3.30. The normalized spacial score (nSPS) is 11.1. The van der Waals surface area contributed by atoms with Crippen LogP contribution in [0.4, 0.5) is 0 Å². The number of aryl methyl sites for hydroxylation is 2. The van der Waals surface area contributed by atoms with Crippen LogP contribution in [-0.4, -0.2) is 30.6 Å². The molecule has 0 saturated heterocycles. The van der Waals surface area contributed by atoms with Crippen molar-refractivity contribution < 1.29 is 13.8 Å². The highest BCUT2D eigenvalue weighted by molar-refractivity contribution is 5.94. The van der Waals surface area contributed by atoms with Crippen molar-refractivity contribution in [3.05, 3.63) is 53.5 Å². The van der Waals surface area contributed by atoms with Gasteiger partial charge in [0.05, 0.1) is 12.2 Å². The van der Waals surface area contributed by atoms with Gasteiger partial charge in [-0.2, -0.15) is 4.98 Å². The minimum atomic E-state index is -0.270. The summed E-state index contributed by atoms with van der Waals surface area (Å²) in [5.41, 5.74) is 2.32. The molecule has 4 aromatic rings. The number of rotatable bonds is 4. The quantitative estimate of drug-likeness (QED) is 0.605. The number of fused-ring (bicyclic) bond motifs is 1. The van der Waals surface area contributed by atoms with Gasteiger partial charge in [0, 0.05) is 12.3 Å². The van der Waals surface area contributed by atoms with Crippen LogP contribution in [0.1, 0.15) is 27.8 Å². The zero-order valence-corrected chi connectivity index (χ0v) is 13.6. The van der Waals surface area contributed by atoms with Crippen molar-refractivity contribution in [1.82, 2.24) is 30.0 Å². The van der Waals surface area contributed by atoms with Gasteiger partial charge in [-0.15, -0.1) is 0 Å². The SMILES string of the molecule is Cc1cc(-c2noc(CNC(=O)c3c(C)nc4ccccn34)n2)no1. The van der Waals surface area contributed by atoms with Crippen molar-refractivity contribution in [2.24, 2.45) is 0 Å². The van der Waals surface area contributed by atoms with E-state index < -0.39 is 0 Å². The van der Waals surface area contributed by atoms with Crippen LogP contribution in [0.5, 0.6) is 0 Å². The van der Waals surface area contributed by atoms with Gasteiger partial charge in [0.25, 0.3) is 5.91 Å². The van der Waals surface area contributed by atoms with Crippen LogP contribution in [0.15, 0.2) is 39.5 Å². The molecule has 0 fully saturated rings. The van der Waals surface area contributed by atoms with Crippen molar-refractivity contribution in [3.8, 4) is 11.5 Å². The maximum atomic E-state index is 12.5. The zero-order valence-electron chi connectivity index (χ0n) is 13.6. The van der Waals surface area contributed by atoms with Gasteiger partial charge in [0.15, 0.2) is 5.69 Å². The summed E-state index contributed by atoms with van der Waals surface area (Å²) in [4.78, 5) is 21.1. The van der Waals surface area contributed by atoms with Crippen LogP contribution in [-0.2, 0) is 6.54 Å². The molecule has 9 nitrogen and oxygen atoms in total. The molecule has 0 aliphatic carbocycles. The van der Waals surface area contributed by atoms with Gasteiger partial charge in [-0.1, -0.05) is 16.4 Å². The molecule has 1 N–H and O–H groups in total. The van der Waals surface area contributed by atoms with Crippen molar-refractivity contribution in [1.29, 1.82) is 0 Å². The largest absolute Gasteiger partial charge is 0.361 e. The van der Waals surface area contributed by atoms with Crippen LogP contribution < -0.4 is 5.32 Å². The highest BCUT2D eigenvalue weighted by Gasteiger charge is 2.18. The Bertz CT molecular complexity index is 1060. The van der Waals surface area contributed by atoms with Gasteiger partial charge in [-0.25, -0.2) is 4.98 Å². The number of aromatic nitrogens is 5. The standard InChI is InChI=1S/C16H14N6O3/c1-9-7-11(20-24-9)15-19-13(25-21-15)8-17-16(23)14-10(2)18-12-5-3-4-6-22(12)14/h3-7H,8H2,1-2H3,(H,17,23). The molecule has 0 saturated carbocycles. The molecule has 0 bridgehead atoms. The molecule has 25 heavy (non-hydrogen) atoms. The lowest BCUT2D eigenvalue weighted by Crippen LogP contribution is -2.25. The topological polar surface area (TPSA) is 111 Å². The van der Waals surface area contributed by atoms with E-state index in [2.05, 4.69) is 25.6 Å². The first-order valence-electron chi connectivity index (χ1n) is 7.60. The maximum Gasteiger partial charge on any atom is 0.270 e. The lowest BCUT2D eigenvalue weighted by Gasteiger charge is -2.03. The maximum absolute atomic E-state index is 12.5. The summed E-state index contributed by atoms with van der Waals surface area (Å²) in [6.07, 6.45) is 1.79. The molecule has 4 heterocycles. The lowest BCUT2D eigenvalue weighted by molar-refractivity contribution is 0.0939. The number of hydrogen-bond donors (Lipinski definition) is 1. The molecule has 0 spiro atoms. The third-order valence-corrected chi connectivity index (χ3v) is 3.64. The molecular weight excluding hydrogens is 324 g/mol. The predicted molar refractivity (Wildman–Crippen MR) is 85.6 cm³/mol. The predicted octanol–water partition coefficient (Wildman–Crippen LogP) is 1.92. The van der Waals surface area contributed by atoms with Gasteiger partial charge >= 0.3 is 0 Å². The van der Waals surface area contributed by atoms with E-state index in [1.165, 1.54) is 0 Å². The fourth-order valence-electron chi connectivity index (χ4n) is 2.53. The summed E-state index contributed by atoms with van der Waals surface area (Å²) >= 11 is 0. The molecule has 4 rings (SSSR count). The molecular formula is C16H14N6O3. The average molecular weight is 338 g/mol. The monoisotopic (exact) mass is 338 g/mol. The first-order valence-corrected chi connectivity index (χ1v) is 7.60. The molecule has 0 unspecified atom stereocenters. The Morgan fingerprint density at radius 3 is 2.88 bits per heavy atom. The van der Waals surface area contributed by atoms with E-state index in [0.29, 0.717) is 34.3 Å². The van der Waals surface area contributed by atoms with E-state index in [9.17, 15) is 4.79 Å². The third-order valence-electron chi connectivity index (χ3n) is 3.64. The summed E-state index contributed by atoms with van der Waals surface area (Å²) in [5, 5.41) is 10.4. The van der Waals surface area contributed by atoms with E-state index in [4.69, 9.17) is 9.05 Å². The van der Waals surface area contributed by atoms with Crippen molar-refractivity contribution in [3.63, 3.8) is 0 Å². The highest BCUT2D eigenvalue weighted by atomic mass is 16.5. The molecule has 126 valence electrons. The van der Waals surface area contributed by atoms with E-state index in [0.717, 1.165) is 0 Å². The summed E-state index contributed by atoms with van der Waals surface area (Å²) in [6, 6.07) is 7.26. The minimum absolute atomic E-state index is 0.0994. The van der Waals surface area contributed by atoms with Crippen LogP contribution in [0.2, 0.25) is 0 Å². The summed E-state index contributed by atoms with van der Waals surface area (Å²) in [5.74, 6) is 0.966. The second-order valence-electron chi connectivity index (χ2n) is 5.49. The second kappa shape index (κ2) is 5.86. The Balaban J connectivity index is 1.50. The molecule has 0 radical (unpaired) electrons. The Labute approximate surface area is 141 Å². The van der Waals surface area contributed by atoms with E-state index in [-0.39, 0.29) is 18.3 Å². The van der Waals surface area contributed by atoms with Crippen LogP contribution in [0.25, 0.3) is 17.2 Å². The number of amides is 1. The first-order chi connectivity index (χ1) is 12.1. The van der Waals surface area contributed by atoms with Crippen LogP contribution in [0.3, 0.4) is 0 Å². The van der Waals surface area contributed by atoms with Gasteiger partial charge in [0.1, 0.15) is 17.1 Å². The van der Waals surface area contributed by atoms with Crippen LogP contribution in [0, 0.1) is 13.8 Å². The third kappa shape index (κ3) is 2.75. The molecule has 1 amide bonds. The number of hydrogen-bond acceptors (Lipinski definition) is 7. The number of carbonyl (C=O) groups excluding carboxylic acids is 1. The van der Waals surface area contributed by atoms with Gasteiger partial charge in [-0.3, -0.25) is 9.20 Å². The van der Waals surface area contributed by atoms with Gasteiger partial charge < -0.3 is 14.4 Å². The highest BCUT2D eigenvalue weighted by Crippen LogP contribution is 2.15. The number of nitrogens with zero attached hydrogens (tertiary/aromatic N) is 5. The molecule has 0 aliphatic heterocycles.